The van der Waals surface area contributed by atoms with Crippen molar-refractivity contribution < 1.29 is 19.2 Å². The lowest BCUT2D eigenvalue weighted by molar-refractivity contribution is -0.136. The molecule has 4 heterocycles. The van der Waals surface area contributed by atoms with E-state index >= 15 is 0 Å². The van der Waals surface area contributed by atoms with Crippen molar-refractivity contribution in [3.63, 3.8) is 0 Å². The van der Waals surface area contributed by atoms with Crippen molar-refractivity contribution in [3.05, 3.63) is 34.9 Å². The topological polar surface area (TPSA) is 98.8 Å². The van der Waals surface area contributed by atoms with E-state index in [1.54, 1.807) is 12.1 Å². The van der Waals surface area contributed by atoms with Crippen LogP contribution in [0, 0.1) is 5.92 Å². The Bertz CT molecular complexity index is 930. The van der Waals surface area contributed by atoms with Crippen LogP contribution in [0.25, 0.3) is 0 Å². The van der Waals surface area contributed by atoms with E-state index in [-0.39, 0.29) is 18.7 Å². The molecule has 4 aliphatic heterocycles. The molecule has 3 unspecified atom stereocenters. The van der Waals surface area contributed by atoms with Gasteiger partial charge in [0.1, 0.15) is 6.04 Å². The Kier molecular flexibility index (Phi) is 4.91. The molecule has 0 radical (unpaired) electrons. The molecule has 30 heavy (non-hydrogen) atoms. The highest BCUT2D eigenvalue weighted by Crippen LogP contribution is 2.30. The van der Waals surface area contributed by atoms with Crippen LogP contribution in [-0.2, 0) is 16.1 Å². The van der Waals surface area contributed by atoms with E-state index in [1.165, 1.54) is 19.3 Å². The Morgan fingerprint density at radius 1 is 1.00 bits per heavy atom. The van der Waals surface area contributed by atoms with E-state index in [2.05, 4.69) is 15.5 Å². The average Bonchev–Trinajstić information content (AvgIpc) is 2.98. The summed E-state index contributed by atoms with van der Waals surface area (Å²) in [5.74, 6) is -1.09. The average molecular weight is 410 g/mol. The van der Waals surface area contributed by atoms with Crippen LogP contribution in [0.3, 0.4) is 0 Å². The van der Waals surface area contributed by atoms with Gasteiger partial charge in [0.2, 0.25) is 11.8 Å². The SMILES string of the molecule is O=C1CCC(N2C(=O)c3ccc(CN4CCC5CCCNC5C4)cc3C2=O)C(=O)N1. The number of benzene rings is 1. The molecule has 4 amide bonds. The first-order chi connectivity index (χ1) is 14.5. The minimum absolute atomic E-state index is 0.125. The molecule has 5 rings (SSSR count). The summed E-state index contributed by atoms with van der Waals surface area (Å²) in [6, 6.07) is 5.01. The molecule has 2 N–H and O–H groups in total. The summed E-state index contributed by atoms with van der Waals surface area (Å²) in [5, 5.41) is 5.86. The molecule has 0 saturated carbocycles. The van der Waals surface area contributed by atoms with Gasteiger partial charge in [0.25, 0.3) is 11.8 Å². The Hall–Kier alpha value is -2.58. The third-order valence-corrected chi connectivity index (χ3v) is 6.91. The lowest BCUT2D eigenvalue weighted by Gasteiger charge is -2.41. The maximum absolute atomic E-state index is 13.0. The predicted molar refractivity (Wildman–Crippen MR) is 108 cm³/mol. The van der Waals surface area contributed by atoms with Gasteiger partial charge < -0.3 is 5.32 Å². The second-order valence-electron chi connectivity index (χ2n) is 8.81. The number of likely N-dealkylation sites (tertiary alicyclic amines) is 1. The summed E-state index contributed by atoms with van der Waals surface area (Å²) >= 11 is 0. The van der Waals surface area contributed by atoms with Crippen molar-refractivity contribution in [1.29, 1.82) is 0 Å². The molecule has 0 bridgehead atoms. The molecule has 158 valence electrons. The van der Waals surface area contributed by atoms with Gasteiger partial charge in [-0.2, -0.15) is 0 Å². The molecule has 3 fully saturated rings. The number of nitrogens with zero attached hydrogens (tertiary/aromatic N) is 2. The lowest BCUT2D eigenvalue weighted by Crippen LogP contribution is -2.54. The van der Waals surface area contributed by atoms with Gasteiger partial charge in [-0.05, 0) is 62.4 Å². The molecule has 3 saturated heterocycles. The third kappa shape index (κ3) is 3.33. The molecule has 3 atom stereocenters. The van der Waals surface area contributed by atoms with Gasteiger partial charge >= 0.3 is 0 Å². The summed E-state index contributed by atoms with van der Waals surface area (Å²) in [7, 11) is 0. The minimum Gasteiger partial charge on any atom is -0.312 e. The Morgan fingerprint density at radius 2 is 1.83 bits per heavy atom. The number of imide groups is 2. The molecular weight excluding hydrogens is 384 g/mol. The van der Waals surface area contributed by atoms with E-state index < -0.39 is 23.8 Å². The van der Waals surface area contributed by atoms with Crippen LogP contribution in [0.15, 0.2) is 18.2 Å². The fourth-order valence-corrected chi connectivity index (χ4v) is 5.31. The van der Waals surface area contributed by atoms with Crippen molar-refractivity contribution in [2.45, 2.75) is 50.7 Å². The molecular formula is C22H26N4O4. The molecule has 8 nitrogen and oxygen atoms in total. The number of hydrogen-bond acceptors (Lipinski definition) is 6. The van der Waals surface area contributed by atoms with Crippen LogP contribution >= 0.6 is 0 Å². The van der Waals surface area contributed by atoms with E-state index in [4.69, 9.17) is 0 Å². The Morgan fingerprint density at radius 3 is 2.67 bits per heavy atom. The van der Waals surface area contributed by atoms with Crippen molar-refractivity contribution >= 4 is 23.6 Å². The number of hydrogen-bond donors (Lipinski definition) is 2. The van der Waals surface area contributed by atoms with E-state index in [1.807, 2.05) is 6.07 Å². The maximum Gasteiger partial charge on any atom is 0.262 e. The first kappa shape index (κ1) is 19.4. The van der Waals surface area contributed by atoms with Crippen LogP contribution in [0.5, 0.6) is 0 Å². The second kappa shape index (κ2) is 7.59. The van der Waals surface area contributed by atoms with E-state index in [0.29, 0.717) is 17.2 Å². The zero-order chi connectivity index (χ0) is 20.8. The smallest absolute Gasteiger partial charge is 0.262 e. The normalized spacial score (nSPS) is 29.6. The van der Waals surface area contributed by atoms with Gasteiger partial charge in [-0.3, -0.25) is 34.3 Å². The van der Waals surface area contributed by atoms with Crippen LogP contribution in [0.1, 0.15) is 58.4 Å². The number of nitrogens with one attached hydrogen (secondary N) is 2. The number of carbonyl (C=O) groups excluding carboxylic acids is 4. The number of carbonyl (C=O) groups is 4. The number of fused-ring (bicyclic) bond motifs is 2. The first-order valence-corrected chi connectivity index (χ1v) is 10.8. The monoisotopic (exact) mass is 410 g/mol. The second-order valence-corrected chi connectivity index (χ2v) is 8.81. The fourth-order valence-electron chi connectivity index (χ4n) is 5.31. The van der Waals surface area contributed by atoms with Crippen molar-refractivity contribution in [1.82, 2.24) is 20.4 Å². The predicted octanol–water partition coefficient (Wildman–Crippen LogP) is 0.662. The fraction of sp³-hybridized carbons (Fsp3) is 0.545. The van der Waals surface area contributed by atoms with Crippen LogP contribution < -0.4 is 10.6 Å². The summed E-state index contributed by atoms with van der Waals surface area (Å²) < 4.78 is 0. The highest BCUT2D eigenvalue weighted by molar-refractivity contribution is 6.23. The summed E-state index contributed by atoms with van der Waals surface area (Å²) in [6.45, 7) is 3.85. The quantitative estimate of drug-likeness (QED) is 0.711. The van der Waals surface area contributed by atoms with Crippen LogP contribution in [0.2, 0.25) is 0 Å². The van der Waals surface area contributed by atoms with Gasteiger partial charge in [0.05, 0.1) is 11.1 Å². The molecule has 0 spiro atoms. The van der Waals surface area contributed by atoms with Gasteiger partial charge in [0, 0.05) is 25.6 Å². The first-order valence-electron chi connectivity index (χ1n) is 10.8. The minimum atomic E-state index is -0.921. The largest absolute Gasteiger partial charge is 0.312 e. The van der Waals surface area contributed by atoms with Gasteiger partial charge in [-0.1, -0.05) is 6.07 Å². The molecule has 4 aliphatic rings. The summed E-state index contributed by atoms with van der Waals surface area (Å²) in [4.78, 5) is 52.8. The van der Waals surface area contributed by atoms with Crippen molar-refractivity contribution in [2.24, 2.45) is 5.92 Å². The van der Waals surface area contributed by atoms with Crippen LogP contribution in [0.4, 0.5) is 0 Å². The molecule has 0 aliphatic carbocycles. The van der Waals surface area contributed by atoms with Crippen molar-refractivity contribution in [2.75, 3.05) is 19.6 Å². The van der Waals surface area contributed by atoms with Gasteiger partial charge in [-0.15, -0.1) is 0 Å². The highest BCUT2D eigenvalue weighted by Gasteiger charge is 2.44. The molecule has 8 heteroatoms. The lowest BCUT2D eigenvalue weighted by atomic mass is 9.85. The number of piperidine rings is 3. The third-order valence-electron chi connectivity index (χ3n) is 6.91. The molecule has 0 aromatic heterocycles. The number of rotatable bonds is 3. The van der Waals surface area contributed by atoms with E-state index in [9.17, 15) is 19.2 Å². The van der Waals surface area contributed by atoms with E-state index in [0.717, 1.165) is 42.6 Å². The van der Waals surface area contributed by atoms with Crippen molar-refractivity contribution in [3.8, 4) is 0 Å². The summed E-state index contributed by atoms with van der Waals surface area (Å²) in [5.41, 5.74) is 1.68. The zero-order valence-corrected chi connectivity index (χ0v) is 16.9. The molecule has 1 aromatic carbocycles. The highest BCUT2D eigenvalue weighted by atomic mass is 16.2. The Labute approximate surface area is 175 Å². The maximum atomic E-state index is 13.0. The van der Waals surface area contributed by atoms with Gasteiger partial charge in [-0.25, -0.2) is 0 Å². The number of amides is 4. The zero-order valence-electron chi connectivity index (χ0n) is 16.9. The van der Waals surface area contributed by atoms with Crippen LogP contribution in [-0.4, -0.2) is 65.1 Å². The summed E-state index contributed by atoms with van der Waals surface area (Å²) in [6.07, 6.45) is 4.04. The standard InChI is InChI=1S/C22H26N4O4/c27-19-6-5-18(20(28)24-19)26-21(29)15-4-3-13(10-16(15)22(26)30)11-25-9-7-14-2-1-8-23-17(14)12-25/h3-4,10,14,17-18,23H,1-2,5-9,11-12H2,(H,24,27,28). The van der Waals surface area contributed by atoms with Gasteiger partial charge in [0.15, 0.2) is 0 Å². The Balaban J connectivity index is 1.31. The molecule has 1 aromatic rings.